The summed E-state index contributed by atoms with van der Waals surface area (Å²) < 4.78 is 0. The molecule has 0 fully saturated rings. The molecule has 1 rings (SSSR count). The fourth-order valence-corrected chi connectivity index (χ4v) is 1.90. The van der Waals surface area contributed by atoms with Crippen LogP contribution in [0.2, 0.25) is 0 Å². The number of thiocarbonyl (C=S) groups is 1. The summed E-state index contributed by atoms with van der Waals surface area (Å²) in [6.45, 7) is 4.12. The Balaban J connectivity index is 2.68. The Morgan fingerprint density at radius 2 is 2.38 bits per heavy atom. The topological polar surface area (TPSA) is 50.4 Å². The van der Waals surface area contributed by atoms with Crippen LogP contribution < -0.4 is 11.2 Å². The van der Waals surface area contributed by atoms with E-state index in [1.54, 1.807) is 17.6 Å². The fourth-order valence-electron chi connectivity index (χ4n) is 0.944. The lowest BCUT2D eigenvalue weighted by molar-refractivity contribution is 1.04. The van der Waals surface area contributed by atoms with Crippen LogP contribution in [0.5, 0.6) is 0 Å². The first-order chi connectivity index (χ1) is 6.09. The van der Waals surface area contributed by atoms with Crippen molar-refractivity contribution in [2.45, 2.75) is 13.8 Å². The molecule has 3 N–H and O–H groups in total. The summed E-state index contributed by atoms with van der Waals surface area (Å²) in [5.41, 5.74) is 8.83. The number of nitrogens with two attached hydrogens (primary N) is 1. The normalized spacial score (nSPS) is 10.6. The summed E-state index contributed by atoms with van der Waals surface area (Å²) in [5.74, 6) is 0. The highest BCUT2D eigenvalue weighted by Gasteiger charge is 1.98. The molecule has 0 spiro atoms. The van der Waals surface area contributed by atoms with E-state index in [-0.39, 0.29) is 5.11 Å². The molecule has 13 heavy (non-hydrogen) atoms. The van der Waals surface area contributed by atoms with Gasteiger partial charge in [0, 0.05) is 15.3 Å². The van der Waals surface area contributed by atoms with E-state index in [1.807, 2.05) is 0 Å². The third-order valence-electron chi connectivity index (χ3n) is 1.46. The van der Waals surface area contributed by atoms with Gasteiger partial charge >= 0.3 is 0 Å². The number of thiophene rings is 1. The zero-order valence-corrected chi connectivity index (χ0v) is 9.13. The van der Waals surface area contributed by atoms with Crippen LogP contribution in [0.25, 0.3) is 0 Å². The maximum absolute atomic E-state index is 5.21. The number of nitrogens with zero attached hydrogens (tertiary/aromatic N) is 1. The number of rotatable bonds is 2. The minimum absolute atomic E-state index is 0.181. The summed E-state index contributed by atoms with van der Waals surface area (Å²) in [4.78, 5) is 2.51. The molecule has 0 saturated carbocycles. The lowest BCUT2D eigenvalue weighted by Crippen LogP contribution is -2.23. The number of hydrogen-bond donors (Lipinski definition) is 2. The van der Waals surface area contributed by atoms with Crippen LogP contribution in [0.3, 0.4) is 0 Å². The van der Waals surface area contributed by atoms with Gasteiger partial charge in [-0.25, -0.2) is 0 Å². The Labute approximate surface area is 86.6 Å². The summed E-state index contributed by atoms with van der Waals surface area (Å²) in [6, 6.07) is 2.07. The molecule has 0 aliphatic carbocycles. The summed E-state index contributed by atoms with van der Waals surface area (Å²) in [6.07, 6.45) is 1.72. The molecule has 0 radical (unpaired) electrons. The van der Waals surface area contributed by atoms with Gasteiger partial charge < -0.3 is 5.73 Å². The van der Waals surface area contributed by atoms with Crippen LogP contribution in [-0.2, 0) is 0 Å². The number of aryl methyl sites for hydroxylation is 2. The van der Waals surface area contributed by atoms with Crippen molar-refractivity contribution in [3.05, 3.63) is 21.4 Å². The predicted molar refractivity (Wildman–Crippen MR) is 61.3 cm³/mol. The summed E-state index contributed by atoms with van der Waals surface area (Å²) in [7, 11) is 0. The highest BCUT2D eigenvalue weighted by atomic mass is 32.1. The molecular formula is C8H11N3S2. The van der Waals surface area contributed by atoms with E-state index in [2.05, 4.69) is 42.7 Å². The molecule has 0 aromatic carbocycles. The Morgan fingerprint density at radius 1 is 1.69 bits per heavy atom. The third-order valence-corrected chi connectivity index (χ3v) is 2.53. The minimum Gasteiger partial charge on any atom is -0.375 e. The maximum atomic E-state index is 5.21. The Morgan fingerprint density at radius 3 is 2.85 bits per heavy atom. The molecule has 1 aromatic rings. The molecule has 0 unspecified atom stereocenters. The Hall–Kier alpha value is -0.940. The molecule has 0 atom stereocenters. The second-order valence-corrected chi connectivity index (χ2v) is 4.50. The van der Waals surface area contributed by atoms with E-state index in [9.17, 15) is 0 Å². The van der Waals surface area contributed by atoms with E-state index in [1.165, 1.54) is 9.75 Å². The van der Waals surface area contributed by atoms with Crippen LogP contribution in [-0.4, -0.2) is 11.3 Å². The van der Waals surface area contributed by atoms with Gasteiger partial charge in [-0.05, 0) is 32.1 Å². The number of nitrogens with one attached hydrogen (secondary N) is 1. The standard InChI is InChI=1S/C8H11N3S2/c1-5-3-7(6(2)13-5)4-10-11-8(9)12/h3-4H,1-2H3,(H3,9,11,12). The molecule has 3 nitrogen and oxygen atoms in total. The first-order valence-electron chi connectivity index (χ1n) is 3.75. The zero-order chi connectivity index (χ0) is 9.84. The van der Waals surface area contributed by atoms with Gasteiger partial charge in [-0.15, -0.1) is 11.3 Å². The van der Waals surface area contributed by atoms with Gasteiger partial charge in [-0.1, -0.05) is 0 Å². The van der Waals surface area contributed by atoms with Crippen molar-refractivity contribution < 1.29 is 0 Å². The minimum atomic E-state index is 0.181. The van der Waals surface area contributed by atoms with Crippen molar-refractivity contribution in [1.29, 1.82) is 0 Å². The molecule has 0 aliphatic heterocycles. The Bertz CT molecular complexity index is 341. The van der Waals surface area contributed by atoms with Crippen molar-refractivity contribution in [3.8, 4) is 0 Å². The average molecular weight is 213 g/mol. The van der Waals surface area contributed by atoms with E-state index in [4.69, 9.17) is 5.73 Å². The monoisotopic (exact) mass is 213 g/mol. The van der Waals surface area contributed by atoms with Gasteiger partial charge in [0.25, 0.3) is 0 Å². The van der Waals surface area contributed by atoms with Crippen LogP contribution >= 0.6 is 23.6 Å². The van der Waals surface area contributed by atoms with Crippen molar-refractivity contribution in [3.63, 3.8) is 0 Å². The third kappa shape index (κ3) is 3.12. The Kier molecular flexibility index (Phi) is 3.39. The van der Waals surface area contributed by atoms with Crippen LogP contribution in [0, 0.1) is 13.8 Å². The second-order valence-electron chi connectivity index (χ2n) is 2.60. The molecule has 0 aliphatic rings. The fraction of sp³-hybridized carbons (Fsp3) is 0.250. The lowest BCUT2D eigenvalue weighted by atomic mass is 10.3. The zero-order valence-electron chi connectivity index (χ0n) is 7.50. The van der Waals surface area contributed by atoms with E-state index < -0.39 is 0 Å². The van der Waals surface area contributed by atoms with Crippen molar-refractivity contribution in [2.75, 3.05) is 0 Å². The highest BCUT2D eigenvalue weighted by Crippen LogP contribution is 2.18. The van der Waals surface area contributed by atoms with Gasteiger partial charge in [0.2, 0.25) is 0 Å². The molecule has 70 valence electrons. The quantitative estimate of drug-likeness (QED) is 0.445. The van der Waals surface area contributed by atoms with E-state index in [0.717, 1.165) is 5.56 Å². The van der Waals surface area contributed by atoms with Crippen LogP contribution in [0.1, 0.15) is 15.3 Å². The highest BCUT2D eigenvalue weighted by molar-refractivity contribution is 7.80. The molecule has 0 amide bonds. The lowest BCUT2D eigenvalue weighted by Gasteiger charge is -1.92. The molecule has 5 heteroatoms. The first kappa shape index (κ1) is 10.1. The van der Waals surface area contributed by atoms with Crippen molar-refractivity contribution in [2.24, 2.45) is 10.8 Å². The second kappa shape index (κ2) is 4.34. The van der Waals surface area contributed by atoms with E-state index in [0.29, 0.717) is 0 Å². The van der Waals surface area contributed by atoms with Gasteiger partial charge in [0.1, 0.15) is 0 Å². The summed E-state index contributed by atoms with van der Waals surface area (Å²) >= 11 is 6.35. The van der Waals surface area contributed by atoms with Crippen molar-refractivity contribution in [1.82, 2.24) is 5.43 Å². The SMILES string of the molecule is Cc1cc(C=NNC(N)=S)c(C)s1. The number of hydrogen-bond acceptors (Lipinski definition) is 3. The predicted octanol–water partition coefficient (Wildman–Crippen LogP) is 1.53. The van der Waals surface area contributed by atoms with Gasteiger partial charge in [0.05, 0.1) is 6.21 Å². The molecule has 1 heterocycles. The van der Waals surface area contributed by atoms with Gasteiger partial charge in [0.15, 0.2) is 5.11 Å². The van der Waals surface area contributed by atoms with Crippen LogP contribution in [0.4, 0.5) is 0 Å². The first-order valence-corrected chi connectivity index (χ1v) is 4.97. The van der Waals surface area contributed by atoms with Crippen molar-refractivity contribution >= 4 is 34.9 Å². The largest absolute Gasteiger partial charge is 0.375 e. The summed E-state index contributed by atoms with van der Waals surface area (Å²) in [5, 5.41) is 4.06. The van der Waals surface area contributed by atoms with E-state index >= 15 is 0 Å². The number of hydrazone groups is 1. The maximum Gasteiger partial charge on any atom is 0.184 e. The van der Waals surface area contributed by atoms with Gasteiger partial charge in [-0.2, -0.15) is 5.10 Å². The van der Waals surface area contributed by atoms with Gasteiger partial charge in [-0.3, -0.25) is 5.43 Å². The smallest absolute Gasteiger partial charge is 0.184 e. The molecule has 0 bridgehead atoms. The molecule has 1 aromatic heterocycles. The molecule has 0 saturated heterocycles. The average Bonchev–Trinajstić information content (AvgIpc) is 2.29. The molecular weight excluding hydrogens is 202 g/mol. The van der Waals surface area contributed by atoms with Crippen LogP contribution in [0.15, 0.2) is 11.2 Å².